The Morgan fingerprint density at radius 3 is 2.86 bits per heavy atom. The molecule has 6 heteroatoms. The van der Waals surface area contributed by atoms with Crippen LogP contribution in [0.4, 0.5) is 5.69 Å². The van der Waals surface area contributed by atoms with E-state index in [0.717, 1.165) is 16.4 Å². The summed E-state index contributed by atoms with van der Waals surface area (Å²) in [6.45, 7) is 0.404. The molecule has 5 nitrogen and oxygen atoms in total. The molecule has 0 aliphatic rings. The summed E-state index contributed by atoms with van der Waals surface area (Å²) in [5, 5.41) is 2.82. The van der Waals surface area contributed by atoms with E-state index < -0.39 is 0 Å². The van der Waals surface area contributed by atoms with Crippen LogP contribution in [0, 0.1) is 0 Å². The summed E-state index contributed by atoms with van der Waals surface area (Å²) in [5.41, 5.74) is 1.83. The van der Waals surface area contributed by atoms with Crippen LogP contribution in [-0.4, -0.2) is 29.2 Å². The van der Waals surface area contributed by atoms with E-state index in [1.807, 2.05) is 12.1 Å². The van der Waals surface area contributed by atoms with Crippen LogP contribution in [0.15, 0.2) is 47.1 Å². The number of nitrogens with zero attached hydrogens (tertiary/aromatic N) is 2. The Balaban J connectivity index is 2.23. The molecule has 2 amide bonds. The fraction of sp³-hybridized carbons (Fsp3) is 0.133. The number of hydrogen-bond acceptors (Lipinski definition) is 3. The van der Waals surface area contributed by atoms with Crippen molar-refractivity contribution in [2.45, 2.75) is 6.54 Å². The highest BCUT2D eigenvalue weighted by Gasteiger charge is 2.11. The third kappa shape index (κ3) is 4.13. The first-order chi connectivity index (χ1) is 10.1. The lowest BCUT2D eigenvalue weighted by atomic mass is 10.1. The summed E-state index contributed by atoms with van der Waals surface area (Å²) >= 11 is 3.39. The van der Waals surface area contributed by atoms with Crippen molar-refractivity contribution >= 4 is 33.9 Å². The van der Waals surface area contributed by atoms with E-state index in [9.17, 15) is 9.59 Å². The van der Waals surface area contributed by atoms with Gasteiger partial charge in [-0.05, 0) is 35.9 Å². The molecule has 0 saturated heterocycles. The second-order valence-electron chi connectivity index (χ2n) is 4.49. The minimum absolute atomic E-state index is 0.284. The van der Waals surface area contributed by atoms with Gasteiger partial charge in [-0.15, -0.1) is 0 Å². The Bertz CT molecular complexity index is 647. The normalized spacial score (nSPS) is 10.0. The standard InChI is InChI=1S/C15H14BrN3O2/c1-19(10-20)9-11-8-12(16)5-6-13(11)18-15(21)14-4-2-3-7-17-14/h2-8,10H,9H2,1H3,(H,18,21). The summed E-state index contributed by atoms with van der Waals surface area (Å²) in [5.74, 6) is -0.284. The van der Waals surface area contributed by atoms with Gasteiger partial charge in [0.05, 0.1) is 0 Å². The first-order valence-corrected chi connectivity index (χ1v) is 7.06. The van der Waals surface area contributed by atoms with E-state index in [2.05, 4.69) is 26.2 Å². The van der Waals surface area contributed by atoms with Crippen molar-refractivity contribution in [3.63, 3.8) is 0 Å². The highest BCUT2D eigenvalue weighted by atomic mass is 79.9. The molecule has 108 valence electrons. The Morgan fingerprint density at radius 1 is 1.38 bits per heavy atom. The maximum Gasteiger partial charge on any atom is 0.274 e. The number of hydrogen-bond donors (Lipinski definition) is 1. The van der Waals surface area contributed by atoms with Gasteiger partial charge in [0.2, 0.25) is 6.41 Å². The summed E-state index contributed by atoms with van der Waals surface area (Å²) in [4.78, 5) is 28.4. The van der Waals surface area contributed by atoms with E-state index >= 15 is 0 Å². The fourth-order valence-electron chi connectivity index (χ4n) is 1.80. The van der Waals surface area contributed by atoms with E-state index in [1.165, 1.54) is 4.90 Å². The Hall–Kier alpha value is -2.21. The van der Waals surface area contributed by atoms with E-state index in [0.29, 0.717) is 17.9 Å². The van der Waals surface area contributed by atoms with Gasteiger partial charge in [0, 0.05) is 29.9 Å². The largest absolute Gasteiger partial charge is 0.344 e. The van der Waals surface area contributed by atoms with Crippen LogP contribution in [0.3, 0.4) is 0 Å². The van der Waals surface area contributed by atoms with Gasteiger partial charge in [-0.2, -0.15) is 0 Å². The summed E-state index contributed by atoms with van der Waals surface area (Å²) in [6.07, 6.45) is 2.31. The van der Waals surface area contributed by atoms with Gasteiger partial charge >= 0.3 is 0 Å². The zero-order chi connectivity index (χ0) is 15.2. The highest BCUT2D eigenvalue weighted by molar-refractivity contribution is 9.10. The zero-order valence-corrected chi connectivity index (χ0v) is 13.0. The number of anilines is 1. The lowest BCUT2D eigenvalue weighted by Crippen LogP contribution is -2.19. The van der Waals surface area contributed by atoms with Gasteiger partial charge in [-0.3, -0.25) is 14.6 Å². The lowest BCUT2D eigenvalue weighted by molar-refractivity contribution is -0.117. The number of rotatable bonds is 5. The van der Waals surface area contributed by atoms with Crippen LogP contribution in [0.1, 0.15) is 16.1 Å². The Morgan fingerprint density at radius 2 is 2.19 bits per heavy atom. The molecule has 0 bridgehead atoms. The average molecular weight is 348 g/mol. The number of benzene rings is 1. The fourth-order valence-corrected chi connectivity index (χ4v) is 2.21. The minimum Gasteiger partial charge on any atom is -0.344 e. The molecule has 0 fully saturated rings. The molecule has 1 N–H and O–H groups in total. The summed E-state index contributed by atoms with van der Waals surface area (Å²) in [6, 6.07) is 10.6. The average Bonchev–Trinajstić information content (AvgIpc) is 2.50. The van der Waals surface area contributed by atoms with Gasteiger partial charge < -0.3 is 10.2 Å². The Kier molecular flexibility index (Phi) is 5.05. The topological polar surface area (TPSA) is 62.3 Å². The lowest BCUT2D eigenvalue weighted by Gasteiger charge is -2.15. The van der Waals surface area contributed by atoms with Gasteiger partial charge in [0.25, 0.3) is 5.91 Å². The predicted molar refractivity (Wildman–Crippen MR) is 83.9 cm³/mol. The zero-order valence-electron chi connectivity index (χ0n) is 11.4. The van der Waals surface area contributed by atoms with Crippen LogP contribution in [-0.2, 0) is 11.3 Å². The number of halogens is 1. The quantitative estimate of drug-likeness (QED) is 0.845. The first kappa shape index (κ1) is 15.2. The highest BCUT2D eigenvalue weighted by Crippen LogP contribution is 2.22. The van der Waals surface area contributed by atoms with Gasteiger partial charge in [0.15, 0.2) is 0 Å². The molecule has 0 unspecified atom stereocenters. The van der Waals surface area contributed by atoms with Crippen molar-refractivity contribution in [1.82, 2.24) is 9.88 Å². The van der Waals surface area contributed by atoms with E-state index in [1.54, 1.807) is 37.5 Å². The smallest absolute Gasteiger partial charge is 0.274 e. The van der Waals surface area contributed by atoms with Crippen LogP contribution in [0.2, 0.25) is 0 Å². The molecule has 0 aliphatic heterocycles. The number of amides is 2. The van der Waals surface area contributed by atoms with Gasteiger partial charge in [0.1, 0.15) is 5.69 Å². The second-order valence-corrected chi connectivity index (χ2v) is 5.41. The van der Waals surface area contributed by atoms with Crippen molar-refractivity contribution in [2.75, 3.05) is 12.4 Å². The van der Waals surface area contributed by atoms with Crippen molar-refractivity contribution in [3.8, 4) is 0 Å². The van der Waals surface area contributed by atoms with E-state index in [4.69, 9.17) is 0 Å². The molecule has 1 aromatic heterocycles. The van der Waals surface area contributed by atoms with Crippen molar-refractivity contribution in [3.05, 3.63) is 58.3 Å². The number of pyridine rings is 1. The summed E-state index contributed by atoms with van der Waals surface area (Å²) in [7, 11) is 1.68. The number of carbonyl (C=O) groups is 2. The number of nitrogens with one attached hydrogen (secondary N) is 1. The van der Waals surface area contributed by atoms with E-state index in [-0.39, 0.29) is 5.91 Å². The monoisotopic (exact) mass is 347 g/mol. The third-order valence-corrected chi connectivity index (χ3v) is 3.31. The van der Waals surface area contributed by atoms with Crippen molar-refractivity contribution in [1.29, 1.82) is 0 Å². The SMILES string of the molecule is CN(C=O)Cc1cc(Br)ccc1NC(=O)c1ccccn1. The molecule has 21 heavy (non-hydrogen) atoms. The number of carbonyl (C=O) groups excluding carboxylic acids is 2. The molecule has 1 heterocycles. The molecule has 0 saturated carbocycles. The van der Waals surface area contributed by atoms with Crippen LogP contribution in [0.5, 0.6) is 0 Å². The molecule has 0 aliphatic carbocycles. The molecular weight excluding hydrogens is 334 g/mol. The number of aromatic nitrogens is 1. The van der Waals surface area contributed by atoms with Crippen molar-refractivity contribution in [2.24, 2.45) is 0 Å². The maximum absolute atomic E-state index is 12.1. The van der Waals surface area contributed by atoms with Crippen molar-refractivity contribution < 1.29 is 9.59 Å². The van der Waals surface area contributed by atoms with Gasteiger partial charge in [-0.25, -0.2) is 0 Å². The summed E-state index contributed by atoms with van der Waals surface area (Å²) < 4.78 is 0.882. The van der Waals surface area contributed by atoms with Crippen LogP contribution in [0.25, 0.3) is 0 Å². The molecule has 0 radical (unpaired) electrons. The molecule has 2 rings (SSSR count). The maximum atomic E-state index is 12.1. The van der Waals surface area contributed by atoms with Crippen LogP contribution >= 0.6 is 15.9 Å². The molecule has 2 aromatic rings. The molecule has 0 atom stereocenters. The van der Waals surface area contributed by atoms with Crippen LogP contribution < -0.4 is 5.32 Å². The minimum atomic E-state index is -0.284. The van der Waals surface area contributed by atoms with Gasteiger partial charge in [-0.1, -0.05) is 22.0 Å². The molecular formula is C15H14BrN3O2. The predicted octanol–water partition coefficient (Wildman–Crippen LogP) is 2.68. The molecule has 1 aromatic carbocycles. The third-order valence-electron chi connectivity index (χ3n) is 2.81. The Labute approximate surface area is 131 Å². The second kappa shape index (κ2) is 6.99. The first-order valence-electron chi connectivity index (χ1n) is 6.26. The molecule has 0 spiro atoms.